The Hall–Kier alpha value is -1.69. The predicted molar refractivity (Wildman–Crippen MR) is 53.2 cm³/mol. The van der Waals surface area contributed by atoms with Crippen LogP contribution in [0.15, 0.2) is 17.6 Å². The van der Waals surface area contributed by atoms with Crippen molar-refractivity contribution >= 4 is 23.1 Å². The molecule has 72 valence electrons. The zero-order valence-corrected chi connectivity index (χ0v) is 8.28. The van der Waals surface area contributed by atoms with Crippen LogP contribution in [0.1, 0.15) is 16.1 Å². The summed E-state index contributed by atoms with van der Waals surface area (Å²) in [6.07, 6.45) is 1.46. The van der Waals surface area contributed by atoms with Crippen LogP contribution < -0.4 is 5.73 Å². The topological polar surface area (TPSA) is 73.8 Å². The second-order valence-electron chi connectivity index (χ2n) is 2.78. The van der Waals surface area contributed by atoms with Crippen molar-refractivity contribution in [1.29, 1.82) is 0 Å². The molecule has 0 atom stereocenters. The number of carbonyl (C=O) groups excluding carboxylic acids is 1. The van der Waals surface area contributed by atoms with Crippen LogP contribution in [-0.2, 0) is 7.05 Å². The highest BCUT2D eigenvalue weighted by Gasteiger charge is 2.16. The molecule has 0 aliphatic heterocycles. The van der Waals surface area contributed by atoms with Gasteiger partial charge in [0.25, 0.3) is 0 Å². The van der Waals surface area contributed by atoms with Crippen molar-refractivity contribution in [2.75, 3.05) is 5.73 Å². The van der Waals surface area contributed by atoms with Gasteiger partial charge in [-0.2, -0.15) is 9.47 Å². The Morgan fingerprint density at radius 3 is 2.93 bits per heavy atom. The molecule has 0 saturated carbocycles. The smallest absolute Gasteiger partial charge is 0.217 e. The predicted octanol–water partition coefficient (Wildman–Crippen LogP) is 0.690. The standard InChI is InChI=1S/C8H8N4OS/c1-12-8(9)5(4-10-12)7(13)6-2-3-14-11-6/h2-4H,9H2,1H3. The molecule has 2 aromatic heterocycles. The summed E-state index contributed by atoms with van der Waals surface area (Å²) in [5.41, 5.74) is 6.48. The number of nitrogens with zero attached hydrogens (tertiary/aromatic N) is 3. The normalized spacial score (nSPS) is 10.4. The van der Waals surface area contributed by atoms with Gasteiger partial charge in [0.2, 0.25) is 5.78 Å². The van der Waals surface area contributed by atoms with Gasteiger partial charge in [-0.25, -0.2) is 0 Å². The van der Waals surface area contributed by atoms with E-state index < -0.39 is 0 Å². The van der Waals surface area contributed by atoms with E-state index in [-0.39, 0.29) is 5.78 Å². The van der Waals surface area contributed by atoms with Crippen molar-refractivity contribution in [3.8, 4) is 0 Å². The molecular weight excluding hydrogens is 200 g/mol. The number of anilines is 1. The van der Waals surface area contributed by atoms with Crippen molar-refractivity contribution in [1.82, 2.24) is 14.2 Å². The minimum Gasteiger partial charge on any atom is -0.383 e. The molecule has 0 bridgehead atoms. The lowest BCUT2D eigenvalue weighted by molar-refractivity contribution is 0.103. The number of aryl methyl sites for hydroxylation is 1. The summed E-state index contributed by atoms with van der Waals surface area (Å²) in [5.74, 6) is 0.180. The number of nitrogen functional groups attached to an aromatic ring is 1. The SMILES string of the molecule is Cn1ncc(C(=O)c2ccsn2)c1N. The molecule has 0 aliphatic rings. The molecule has 14 heavy (non-hydrogen) atoms. The Kier molecular flexibility index (Phi) is 2.05. The summed E-state index contributed by atoms with van der Waals surface area (Å²) in [4.78, 5) is 11.8. The summed E-state index contributed by atoms with van der Waals surface area (Å²) in [6, 6.07) is 1.67. The Morgan fingerprint density at radius 1 is 1.64 bits per heavy atom. The van der Waals surface area contributed by atoms with E-state index in [4.69, 9.17) is 5.73 Å². The highest BCUT2D eigenvalue weighted by Crippen LogP contribution is 2.14. The zero-order chi connectivity index (χ0) is 10.1. The maximum absolute atomic E-state index is 11.8. The number of rotatable bonds is 2. The fourth-order valence-corrected chi connectivity index (χ4v) is 1.60. The lowest BCUT2D eigenvalue weighted by Gasteiger charge is -1.96. The molecule has 0 aromatic carbocycles. The van der Waals surface area contributed by atoms with E-state index in [2.05, 4.69) is 9.47 Å². The van der Waals surface area contributed by atoms with Gasteiger partial charge in [-0.3, -0.25) is 9.48 Å². The third-order valence-electron chi connectivity index (χ3n) is 1.90. The summed E-state index contributed by atoms with van der Waals surface area (Å²) in [5, 5.41) is 5.64. The van der Waals surface area contributed by atoms with Gasteiger partial charge in [-0.1, -0.05) is 0 Å². The second kappa shape index (κ2) is 3.22. The molecule has 0 fully saturated rings. The molecule has 0 saturated heterocycles. The van der Waals surface area contributed by atoms with Crippen molar-refractivity contribution in [2.45, 2.75) is 0 Å². The Morgan fingerprint density at radius 2 is 2.43 bits per heavy atom. The van der Waals surface area contributed by atoms with Gasteiger partial charge in [0.15, 0.2) is 0 Å². The Labute approximate surface area is 84.3 Å². The molecule has 0 radical (unpaired) electrons. The first-order chi connectivity index (χ1) is 6.70. The van der Waals surface area contributed by atoms with E-state index >= 15 is 0 Å². The average Bonchev–Trinajstić information content (AvgIpc) is 2.77. The first-order valence-corrected chi connectivity index (χ1v) is 4.76. The summed E-state index contributed by atoms with van der Waals surface area (Å²) >= 11 is 1.24. The molecule has 5 nitrogen and oxygen atoms in total. The zero-order valence-electron chi connectivity index (χ0n) is 7.47. The molecule has 6 heteroatoms. The monoisotopic (exact) mass is 208 g/mol. The molecule has 2 heterocycles. The molecule has 0 amide bonds. The van der Waals surface area contributed by atoms with Gasteiger partial charge < -0.3 is 5.73 Å². The van der Waals surface area contributed by atoms with Gasteiger partial charge in [-0.15, -0.1) is 0 Å². The van der Waals surface area contributed by atoms with Crippen LogP contribution in [0.25, 0.3) is 0 Å². The second-order valence-corrected chi connectivity index (χ2v) is 3.45. The number of ketones is 1. The number of carbonyl (C=O) groups is 1. The Bertz CT molecular complexity index is 460. The maximum Gasteiger partial charge on any atom is 0.217 e. The summed E-state index contributed by atoms with van der Waals surface area (Å²) in [7, 11) is 1.69. The lowest BCUT2D eigenvalue weighted by Crippen LogP contribution is -2.06. The van der Waals surface area contributed by atoms with Crippen molar-refractivity contribution in [3.05, 3.63) is 28.9 Å². The number of aromatic nitrogens is 3. The van der Waals surface area contributed by atoms with Crippen molar-refractivity contribution in [3.63, 3.8) is 0 Å². The van der Waals surface area contributed by atoms with Crippen LogP contribution in [0.3, 0.4) is 0 Å². The quantitative estimate of drug-likeness (QED) is 0.737. The third kappa shape index (κ3) is 1.29. The van der Waals surface area contributed by atoms with E-state index in [1.807, 2.05) is 0 Å². The van der Waals surface area contributed by atoms with E-state index in [1.54, 1.807) is 18.5 Å². The maximum atomic E-state index is 11.8. The number of nitrogens with two attached hydrogens (primary N) is 1. The van der Waals surface area contributed by atoms with Crippen LogP contribution in [0, 0.1) is 0 Å². The van der Waals surface area contributed by atoms with Crippen LogP contribution >= 0.6 is 11.5 Å². The van der Waals surface area contributed by atoms with Crippen molar-refractivity contribution in [2.24, 2.45) is 7.05 Å². The number of hydrogen-bond donors (Lipinski definition) is 1. The Balaban J connectivity index is 2.42. The minimum absolute atomic E-state index is 0.183. The first-order valence-electron chi connectivity index (χ1n) is 3.92. The van der Waals surface area contributed by atoms with E-state index in [0.717, 1.165) is 0 Å². The van der Waals surface area contributed by atoms with Crippen molar-refractivity contribution < 1.29 is 4.79 Å². The van der Waals surface area contributed by atoms with Crippen LogP contribution in [0.5, 0.6) is 0 Å². The third-order valence-corrected chi connectivity index (χ3v) is 2.46. The van der Waals surface area contributed by atoms with Gasteiger partial charge in [0.1, 0.15) is 11.5 Å². The largest absolute Gasteiger partial charge is 0.383 e. The van der Waals surface area contributed by atoms with Gasteiger partial charge >= 0.3 is 0 Å². The number of hydrogen-bond acceptors (Lipinski definition) is 5. The summed E-state index contributed by atoms with van der Waals surface area (Å²) in [6.45, 7) is 0. The lowest BCUT2D eigenvalue weighted by atomic mass is 10.1. The highest BCUT2D eigenvalue weighted by molar-refractivity contribution is 7.03. The fraction of sp³-hybridized carbons (Fsp3) is 0.125. The average molecular weight is 208 g/mol. The molecule has 2 N–H and O–H groups in total. The molecule has 0 unspecified atom stereocenters. The molecule has 0 spiro atoms. The fourth-order valence-electron chi connectivity index (χ4n) is 1.09. The van der Waals surface area contributed by atoms with Crippen LogP contribution in [0.2, 0.25) is 0 Å². The molecule has 0 aliphatic carbocycles. The van der Waals surface area contributed by atoms with E-state index in [0.29, 0.717) is 17.1 Å². The highest BCUT2D eigenvalue weighted by atomic mass is 32.1. The van der Waals surface area contributed by atoms with Crippen LogP contribution in [-0.4, -0.2) is 19.9 Å². The summed E-state index contributed by atoms with van der Waals surface area (Å²) < 4.78 is 5.40. The van der Waals surface area contributed by atoms with Gasteiger partial charge in [0, 0.05) is 12.4 Å². The molecule has 2 aromatic rings. The first kappa shape index (κ1) is 8.89. The van der Waals surface area contributed by atoms with E-state index in [1.165, 1.54) is 22.4 Å². The molecular formula is C8H8N4OS. The minimum atomic E-state index is -0.183. The van der Waals surface area contributed by atoms with Gasteiger partial charge in [0.05, 0.1) is 11.8 Å². The van der Waals surface area contributed by atoms with Crippen LogP contribution in [0.4, 0.5) is 5.82 Å². The molecule has 2 rings (SSSR count). The van der Waals surface area contributed by atoms with Gasteiger partial charge in [-0.05, 0) is 17.6 Å². The van der Waals surface area contributed by atoms with E-state index in [9.17, 15) is 4.79 Å².